The molecule has 1 unspecified atom stereocenters. The summed E-state index contributed by atoms with van der Waals surface area (Å²) in [5.74, 6) is -1.01. The minimum atomic E-state index is -1.59. The summed E-state index contributed by atoms with van der Waals surface area (Å²) in [6.45, 7) is 3.60. The van der Waals surface area contributed by atoms with Crippen molar-refractivity contribution in [2.45, 2.75) is 38.8 Å². The molecule has 1 aromatic carbocycles. The lowest BCUT2D eigenvalue weighted by Crippen LogP contribution is -2.53. The first kappa shape index (κ1) is 16.2. The van der Waals surface area contributed by atoms with Crippen LogP contribution in [0.1, 0.15) is 32.3 Å². The Kier molecular flexibility index (Phi) is 4.61. The van der Waals surface area contributed by atoms with E-state index < -0.39 is 17.0 Å². The molecule has 0 spiro atoms. The van der Waals surface area contributed by atoms with Gasteiger partial charge in [-0.05, 0) is 18.4 Å². The maximum Gasteiger partial charge on any atom is 0.312 e. The summed E-state index contributed by atoms with van der Waals surface area (Å²) in [7, 11) is 0. The number of carboxylic acid groups (broad SMARTS) is 1. The molecular weight excluding hydrogens is 282 g/mol. The molecule has 1 atom stereocenters. The highest BCUT2D eigenvalue weighted by Crippen LogP contribution is 2.46. The molecular formula is C16H21N3O3. The molecule has 2 N–H and O–H groups in total. The Morgan fingerprint density at radius 2 is 1.86 bits per heavy atom. The van der Waals surface area contributed by atoms with Crippen molar-refractivity contribution in [1.29, 1.82) is 0 Å². The molecule has 0 aliphatic heterocycles. The van der Waals surface area contributed by atoms with Gasteiger partial charge in [0.15, 0.2) is 0 Å². The Labute approximate surface area is 129 Å². The molecule has 0 aliphatic rings. The van der Waals surface area contributed by atoms with Crippen LogP contribution in [-0.2, 0) is 16.9 Å². The third kappa shape index (κ3) is 2.50. The zero-order valence-electron chi connectivity index (χ0n) is 12.8. The van der Waals surface area contributed by atoms with Gasteiger partial charge in [-0.1, -0.05) is 44.2 Å². The zero-order chi connectivity index (χ0) is 16.2. The number of rotatable bonds is 7. The summed E-state index contributed by atoms with van der Waals surface area (Å²) < 4.78 is 1.47. The van der Waals surface area contributed by atoms with E-state index in [0.29, 0.717) is 18.4 Å². The van der Waals surface area contributed by atoms with Crippen molar-refractivity contribution < 1.29 is 15.0 Å². The highest BCUT2D eigenvalue weighted by Gasteiger charge is 2.55. The minimum absolute atomic E-state index is 0.0327. The van der Waals surface area contributed by atoms with E-state index in [0.717, 1.165) is 0 Å². The molecule has 0 aliphatic carbocycles. The maximum atomic E-state index is 12.0. The van der Waals surface area contributed by atoms with Crippen LogP contribution >= 0.6 is 0 Å². The van der Waals surface area contributed by atoms with Crippen molar-refractivity contribution in [3.8, 4) is 0 Å². The first-order chi connectivity index (χ1) is 10.5. The number of nitrogens with zero attached hydrogens (tertiary/aromatic N) is 3. The van der Waals surface area contributed by atoms with Gasteiger partial charge in [0.2, 0.25) is 0 Å². The molecule has 2 aromatic rings. The first-order valence-electron chi connectivity index (χ1n) is 7.34. The Balaban J connectivity index is 2.61. The van der Waals surface area contributed by atoms with Gasteiger partial charge in [-0.3, -0.25) is 4.79 Å². The van der Waals surface area contributed by atoms with Gasteiger partial charge in [0, 0.05) is 0 Å². The largest absolute Gasteiger partial charge is 0.481 e. The van der Waals surface area contributed by atoms with E-state index in [1.54, 1.807) is 38.1 Å². The summed E-state index contributed by atoms with van der Waals surface area (Å²) in [5, 5.41) is 25.3. The second kappa shape index (κ2) is 6.27. The van der Waals surface area contributed by atoms with E-state index in [4.69, 9.17) is 0 Å². The standard InChI is InChI=1S/C16H21N3O3/c1-3-15(4-2,14(20)21)16(22,10-19-12-17-11-18-19)13-8-6-5-7-9-13/h5-9,11-12,22H,3-4,10H2,1-2H3,(H,20,21). The number of hydrogen-bond acceptors (Lipinski definition) is 4. The fraction of sp³-hybridized carbons (Fsp3) is 0.438. The van der Waals surface area contributed by atoms with Crippen molar-refractivity contribution in [2.75, 3.05) is 0 Å². The molecule has 2 rings (SSSR count). The van der Waals surface area contributed by atoms with Gasteiger partial charge in [-0.15, -0.1) is 0 Å². The SMILES string of the molecule is CCC(CC)(C(=O)O)C(O)(Cn1cncn1)c1ccccc1. The first-order valence-corrected chi connectivity index (χ1v) is 7.34. The predicted octanol–water partition coefficient (Wildman–Crippen LogP) is 2.06. The molecule has 1 heterocycles. The van der Waals surface area contributed by atoms with Crippen LogP contribution in [0, 0.1) is 5.41 Å². The molecule has 0 saturated carbocycles. The highest BCUT2D eigenvalue weighted by molar-refractivity contribution is 5.76. The van der Waals surface area contributed by atoms with Crippen LogP contribution in [0.5, 0.6) is 0 Å². The van der Waals surface area contributed by atoms with E-state index in [1.165, 1.54) is 17.3 Å². The van der Waals surface area contributed by atoms with E-state index in [2.05, 4.69) is 10.1 Å². The van der Waals surface area contributed by atoms with Gasteiger partial charge >= 0.3 is 5.97 Å². The number of carboxylic acids is 1. The van der Waals surface area contributed by atoms with Crippen molar-refractivity contribution in [3.05, 3.63) is 48.5 Å². The number of aliphatic carboxylic acids is 1. The number of aromatic nitrogens is 3. The van der Waals surface area contributed by atoms with Gasteiger partial charge in [0.25, 0.3) is 0 Å². The third-order valence-electron chi connectivity index (χ3n) is 4.52. The van der Waals surface area contributed by atoms with Crippen LogP contribution in [0.2, 0.25) is 0 Å². The van der Waals surface area contributed by atoms with E-state index in [-0.39, 0.29) is 6.54 Å². The molecule has 22 heavy (non-hydrogen) atoms. The lowest BCUT2D eigenvalue weighted by atomic mass is 9.64. The molecule has 0 saturated heterocycles. The van der Waals surface area contributed by atoms with Crippen LogP contribution < -0.4 is 0 Å². The van der Waals surface area contributed by atoms with Crippen molar-refractivity contribution >= 4 is 5.97 Å². The molecule has 0 amide bonds. The summed E-state index contributed by atoms with van der Waals surface area (Å²) in [5.41, 5.74) is -2.32. The lowest BCUT2D eigenvalue weighted by molar-refractivity contribution is -0.177. The van der Waals surface area contributed by atoms with Gasteiger partial charge in [-0.2, -0.15) is 5.10 Å². The second-order valence-electron chi connectivity index (χ2n) is 5.41. The Bertz CT molecular complexity index is 609. The normalized spacial score (nSPS) is 14.5. The molecule has 6 nitrogen and oxygen atoms in total. The summed E-state index contributed by atoms with van der Waals surface area (Å²) >= 11 is 0. The van der Waals surface area contributed by atoms with Gasteiger partial charge in [-0.25, -0.2) is 9.67 Å². The fourth-order valence-corrected chi connectivity index (χ4v) is 3.10. The third-order valence-corrected chi connectivity index (χ3v) is 4.52. The second-order valence-corrected chi connectivity index (χ2v) is 5.41. The average Bonchev–Trinajstić information content (AvgIpc) is 3.02. The molecule has 118 valence electrons. The average molecular weight is 303 g/mol. The number of aliphatic hydroxyl groups is 1. The Morgan fingerprint density at radius 1 is 1.23 bits per heavy atom. The van der Waals surface area contributed by atoms with Gasteiger partial charge < -0.3 is 10.2 Å². The van der Waals surface area contributed by atoms with Crippen LogP contribution in [0.4, 0.5) is 0 Å². The minimum Gasteiger partial charge on any atom is -0.481 e. The molecule has 0 fully saturated rings. The predicted molar refractivity (Wildman–Crippen MR) is 81.0 cm³/mol. The smallest absolute Gasteiger partial charge is 0.312 e. The van der Waals surface area contributed by atoms with Crippen LogP contribution in [0.3, 0.4) is 0 Å². The molecule has 0 radical (unpaired) electrons. The van der Waals surface area contributed by atoms with Gasteiger partial charge in [0.1, 0.15) is 23.7 Å². The van der Waals surface area contributed by atoms with Gasteiger partial charge in [0.05, 0.1) is 6.54 Å². The quantitative estimate of drug-likeness (QED) is 0.817. The van der Waals surface area contributed by atoms with Crippen LogP contribution in [0.15, 0.2) is 43.0 Å². The topological polar surface area (TPSA) is 88.2 Å². The van der Waals surface area contributed by atoms with E-state index in [9.17, 15) is 15.0 Å². The fourth-order valence-electron chi connectivity index (χ4n) is 3.10. The molecule has 0 bridgehead atoms. The maximum absolute atomic E-state index is 12.0. The van der Waals surface area contributed by atoms with E-state index in [1.807, 2.05) is 6.07 Å². The molecule has 6 heteroatoms. The van der Waals surface area contributed by atoms with Crippen molar-refractivity contribution in [2.24, 2.45) is 5.41 Å². The number of carbonyl (C=O) groups is 1. The zero-order valence-corrected chi connectivity index (χ0v) is 12.8. The number of benzene rings is 1. The van der Waals surface area contributed by atoms with Crippen LogP contribution in [-0.4, -0.2) is 30.9 Å². The summed E-state index contributed by atoms with van der Waals surface area (Å²) in [4.78, 5) is 15.9. The Hall–Kier alpha value is -2.21. The van der Waals surface area contributed by atoms with Crippen LogP contribution in [0.25, 0.3) is 0 Å². The monoisotopic (exact) mass is 303 g/mol. The number of hydrogen-bond donors (Lipinski definition) is 2. The lowest BCUT2D eigenvalue weighted by Gasteiger charge is -2.43. The summed E-state index contributed by atoms with van der Waals surface area (Å²) in [6.07, 6.45) is 3.45. The van der Waals surface area contributed by atoms with Crippen molar-refractivity contribution in [3.63, 3.8) is 0 Å². The molecule has 1 aromatic heterocycles. The van der Waals surface area contributed by atoms with Crippen molar-refractivity contribution in [1.82, 2.24) is 14.8 Å². The Morgan fingerprint density at radius 3 is 2.32 bits per heavy atom. The van der Waals surface area contributed by atoms with E-state index >= 15 is 0 Å². The highest BCUT2D eigenvalue weighted by atomic mass is 16.4. The summed E-state index contributed by atoms with van der Waals surface area (Å²) in [6, 6.07) is 8.92.